The molecule has 0 spiro atoms. The number of hydrogen-bond acceptors (Lipinski definition) is 2. The van der Waals surface area contributed by atoms with Crippen LogP contribution in [-0.4, -0.2) is 11.1 Å². The van der Waals surface area contributed by atoms with Crippen LogP contribution in [0, 0.1) is 6.92 Å². The van der Waals surface area contributed by atoms with Gasteiger partial charge in [0.25, 0.3) is 0 Å². The first-order valence-electron chi connectivity index (χ1n) is 2.34. The van der Waals surface area contributed by atoms with Gasteiger partial charge in [0.15, 0.2) is 0 Å². The van der Waals surface area contributed by atoms with Gasteiger partial charge in [0.2, 0.25) is 0 Å². The van der Waals surface area contributed by atoms with Gasteiger partial charge in [-0.3, -0.25) is 0 Å². The second kappa shape index (κ2) is 2.19. The van der Waals surface area contributed by atoms with Crippen molar-refractivity contribution < 1.29 is 9.90 Å². The van der Waals surface area contributed by atoms with Crippen molar-refractivity contribution >= 4 is 17.3 Å². The third-order valence-electron chi connectivity index (χ3n) is 0.976. The summed E-state index contributed by atoms with van der Waals surface area (Å²) in [5.74, 6) is -0.902. The van der Waals surface area contributed by atoms with Gasteiger partial charge in [-0.2, -0.15) is 0 Å². The predicted molar refractivity (Wildman–Crippen MR) is 35.7 cm³/mol. The Kier molecular flexibility index (Phi) is 1.53. The average Bonchev–Trinajstić information content (AvgIpc) is 2.13. The highest BCUT2D eigenvalue weighted by Gasteiger charge is 2.05. The number of aromatic carboxylic acids is 1. The van der Waals surface area contributed by atoms with Gasteiger partial charge in [-0.15, -0.1) is 11.3 Å². The Labute approximate surface area is 56.8 Å². The van der Waals surface area contributed by atoms with Crippen LogP contribution in [0.25, 0.3) is 0 Å². The Morgan fingerprint density at radius 3 is 2.67 bits per heavy atom. The molecule has 47 valence electrons. The van der Waals surface area contributed by atoms with Crippen LogP contribution in [-0.2, 0) is 0 Å². The largest absolute Gasteiger partial charge is 0.478 e. The molecule has 9 heavy (non-hydrogen) atoms. The molecule has 0 aliphatic carbocycles. The van der Waals surface area contributed by atoms with Crippen molar-refractivity contribution in [2.75, 3.05) is 0 Å². The molecule has 2 nitrogen and oxygen atoms in total. The minimum atomic E-state index is -0.902. The summed E-state index contributed by atoms with van der Waals surface area (Å²) in [4.78, 5) is 10.9. The summed E-state index contributed by atoms with van der Waals surface area (Å²) in [5, 5.41) is 10.1. The van der Waals surface area contributed by atoms with Crippen LogP contribution in [0.4, 0.5) is 0 Å². The first kappa shape index (κ1) is 6.29. The van der Waals surface area contributed by atoms with Gasteiger partial charge in [0.05, 0.1) is 5.56 Å². The molecule has 0 unspecified atom stereocenters. The second-order valence-electron chi connectivity index (χ2n) is 1.56. The van der Waals surface area contributed by atoms with E-state index in [0.717, 1.165) is 0 Å². The number of carboxylic acid groups (broad SMARTS) is 1. The molecule has 0 bridgehead atoms. The Bertz CT molecular complexity index is 227. The van der Waals surface area contributed by atoms with E-state index in [1.165, 1.54) is 11.3 Å². The highest BCUT2D eigenvalue weighted by Crippen LogP contribution is 2.13. The first-order valence-corrected chi connectivity index (χ1v) is 3.22. The van der Waals surface area contributed by atoms with Crippen molar-refractivity contribution in [2.45, 2.75) is 0 Å². The molecule has 3 heteroatoms. The molecule has 0 amide bonds. The number of hydrogen-bond donors (Lipinski definition) is 1. The SMILES string of the molecule is [CH2]c1sccc1C(=O)O. The lowest BCUT2D eigenvalue weighted by Crippen LogP contribution is -1.94. The summed E-state index contributed by atoms with van der Waals surface area (Å²) in [6.45, 7) is 3.54. The summed E-state index contributed by atoms with van der Waals surface area (Å²) in [6, 6.07) is 1.55. The van der Waals surface area contributed by atoms with E-state index in [9.17, 15) is 4.79 Å². The van der Waals surface area contributed by atoms with Crippen LogP contribution in [0.3, 0.4) is 0 Å². The molecule has 1 radical (unpaired) electrons. The van der Waals surface area contributed by atoms with Crippen LogP contribution < -0.4 is 0 Å². The van der Waals surface area contributed by atoms with Gasteiger partial charge >= 0.3 is 5.97 Å². The van der Waals surface area contributed by atoms with Gasteiger partial charge in [0.1, 0.15) is 0 Å². The van der Waals surface area contributed by atoms with E-state index < -0.39 is 5.97 Å². The molecule has 1 heterocycles. The van der Waals surface area contributed by atoms with Crippen LogP contribution in [0.2, 0.25) is 0 Å². The van der Waals surface area contributed by atoms with Gasteiger partial charge in [-0.1, -0.05) is 0 Å². The molecule has 1 aromatic rings. The highest BCUT2D eigenvalue weighted by molar-refractivity contribution is 7.10. The zero-order valence-corrected chi connectivity index (χ0v) is 5.44. The third kappa shape index (κ3) is 1.10. The molecule has 0 saturated carbocycles. The molecular weight excluding hydrogens is 136 g/mol. The lowest BCUT2D eigenvalue weighted by molar-refractivity contribution is 0.0697. The smallest absolute Gasteiger partial charge is 0.336 e. The molecule has 0 aliphatic heterocycles. The quantitative estimate of drug-likeness (QED) is 0.645. The number of thiophene rings is 1. The van der Waals surface area contributed by atoms with E-state index in [2.05, 4.69) is 6.92 Å². The highest BCUT2D eigenvalue weighted by atomic mass is 32.1. The molecule has 0 saturated heterocycles. The Hall–Kier alpha value is -0.830. The van der Waals surface area contributed by atoms with E-state index in [0.29, 0.717) is 10.4 Å². The second-order valence-corrected chi connectivity index (χ2v) is 2.56. The molecule has 0 aromatic carbocycles. The van der Waals surface area contributed by atoms with Gasteiger partial charge in [-0.25, -0.2) is 4.79 Å². The maximum atomic E-state index is 10.2. The maximum Gasteiger partial charge on any atom is 0.336 e. The Morgan fingerprint density at radius 1 is 1.78 bits per heavy atom. The van der Waals surface area contributed by atoms with E-state index in [1.807, 2.05) is 0 Å². The van der Waals surface area contributed by atoms with E-state index in [4.69, 9.17) is 5.11 Å². The minimum absolute atomic E-state index is 0.306. The van der Waals surface area contributed by atoms with Crippen LogP contribution in [0.5, 0.6) is 0 Å². The molecule has 0 fully saturated rings. The third-order valence-corrected chi connectivity index (χ3v) is 1.75. The van der Waals surface area contributed by atoms with Crippen molar-refractivity contribution in [2.24, 2.45) is 0 Å². The summed E-state index contributed by atoms with van der Waals surface area (Å²) in [6.07, 6.45) is 0. The predicted octanol–water partition coefficient (Wildman–Crippen LogP) is 1.63. The maximum absolute atomic E-state index is 10.2. The molecule has 0 aliphatic rings. The normalized spacial score (nSPS) is 9.44. The number of rotatable bonds is 1. The molecule has 0 atom stereocenters. The topological polar surface area (TPSA) is 37.3 Å². The summed E-state index contributed by atoms with van der Waals surface area (Å²) in [7, 11) is 0. The minimum Gasteiger partial charge on any atom is -0.478 e. The monoisotopic (exact) mass is 141 g/mol. The van der Waals surface area contributed by atoms with Crippen molar-refractivity contribution in [3.63, 3.8) is 0 Å². The standard InChI is InChI=1S/C6H5O2S/c1-4-5(6(7)8)2-3-9-4/h2-3H,1H2,(H,7,8). The fourth-order valence-corrected chi connectivity index (χ4v) is 1.18. The Morgan fingerprint density at radius 2 is 2.44 bits per heavy atom. The molecule has 1 N–H and O–H groups in total. The molecule has 1 aromatic heterocycles. The van der Waals surface area contributed by atoms with Crippen LogP contribution in [0.1, 0.15) is 15.2 Å². The average molecular weight is 141 g/mol. The number of carbonyl (C=O) groups is 1. The summed E-state index contributed by atoms with van der Waals surface area (Å²) in [5.41, 5.74) is 0.306. The van der Waals surface area contributed by atoms with Crippen LogP contribution >= 0.6 is 11.3 Å². The van der Waals surface area contributed by atoms with Gasteiger partial charge < -0.3 is 5.11 Å². The zero-order valence-electron chi connectivity index (χ0n) is 4.63. The summed E-state index contributed by atoms with van der Waals surface area (Å²) < 4.78 is 0. The fraction of sp³-hybridized carbons (Fsp3) is 0. The van der Waals surface area contributed by atoms with Crippen molar-refractivity contribution in [3.05, 3.63) is 28.8 Å². The van der Waals surface area contributed by atoms with Crippen molar-refractivity contribution in [1.29, 1.82) is 0 Å². The molecular formula is C6H5O2S. The van der Waals surface area contributed by atoms with Crippen LogP contribution in [0.15, 0.2) is 11.4 Å². The van der Waals surface area contributed by atoms with Crippen molar-refractivity contribution in [3.8, 4) is 0 Å². The fourth-order valence-electron chi connectivity index (χ4n) is 0.531. The van der Waals surface area contributed by atoms with Gasteiger partial charge in [0, 0.05) is 4.88 Å². The Balaban J connectivity index is 3.08. The molecule has 1 rings (SSSR count). The number of carboxylic acids is 1. The zero-order chi connectivity index (χ0) is 6.85. The lowest BCUT2D eigenvalue weighted by Gasteiger charge is -1.86. The van der Waals surface area contributed by atoms with E-state index >= 15 is 0 Å². The van der Waals surface area contributed by atoms with E-state index in [1.54, 1.807) is 11.4 Å². The van der Waals surface area contributed by atoms with Gasteiger partial charge in [-0.05, 0) is 18.4 Å². The first-order chi connectivity index (χ1) is 4.22. The van der Waals surface area contributed by atoms with E-state index in [-0.39, 0.29) is 0 Å². The lowest BCUT2D eigenvalue weighted by atomic mass is 10.3. The van der Waals surface area contributed by atoms with Crippen molar-refractivity contribution in [1.82, 2.24) is 0 Å². The summed E-state index contributed by atoms with van der Waals surface area (Å²) >= 11 is 1.34.